The fourth-order valence-electron chi connectivity index (χ4n) is 2.42. The summed E-state index contributed by atoms with van der Waals surface area (Å²) in [7, 11) is 1.98. The van der Waals surface area contributed by atoms with E-state index in [0.717, 1.165) is 30.7 Å². The minimum Gasteiger partial charge on any atom is -0.372 e. The molecular formula is C14H21BrN2O. The van der Waals surface area contributed by atoms with Crippen LogP contribution >= 0.6 is 15.9 Å². The van der Waals surface area contributed by atoms with Crippen molar-refractivity contribution in [1.82, 2.24) is 5.32 Å². The Kier molecular flexibility index (Phi) is 4.30. The zero-order valence-corrected chi connectivity index (χ0v) is 12.9. The molecule has 1 N–H and O–H groups in total. The SMILES string of the molecule is CNCc1cc(Br)ccc1N1CCOC(C)(C)C1. The lowest BCUT2D eigenvalue weighted by atomic mass is 10.0. The highest BCUT2D eigenvalue weighted by atomic mass is 79.9. The highest BCUT2D eigenvalue weighted by molar-refractivity contribution is 9.10. The minimum absolute atomic E-state index is 0.0672. The van der Waals surface area contributed by atoms with Crippen LogP contribution in [-0.2, 0) is 11.3 Å². The number of morpholine rings is 1. The monoisotopic (exact) mass is 312 g/mol. The molecule has 0 bridgehead atoms. The summed E-state index contributed by atoms with van der Waals surface area (Å²) < 4.78 is 6.90. The van der Waals surface area contributed by atoms with Crippen molar-refractivity contribution in [3.63, 3.8) is 0 Å². The largest absolute Gasteiger partial charge is 0.372 e. The molecule has 1 aromatic rings. The van der Waals surface area contributed by atoms with Gasteiger partial charge in [-0.3, -0.25) is 0 Å². The van der Waals surface area contributed by atoms with Gasteiger partial charge in [0.05, 0.1) is 12.2 Å². The standard InChI is InChI=1S/C14H21BrN2O/c1-14(2)10-17(6-7-18-14)13-5-4-12(15)8-11(13)9-16-3/h4-5,8,16H,6-7,9-10H2,1-3H3. The maximum Gasteiger partial charge on any atom is 0.0801 e. The molecule has 2 rings (SSSR count). The van der Waals surface area contributed by atoms with E-state index in [1.165, 1.54) is 11.3 Å². The number of nitrogens with one attached hydrogen (secondary N) is 1. The van der Waals surface area contributed by atoms with Crippen molar-refractivity contribution in [3.8, 4) is 0 Å². The molecular weight excluding hydrogens is 292 g/mol. The number of hydrogen-bond donors (Lipinski definition) is 1. The van der Waals surface area contributed by atoms with E-state index < -0.39 is 0 Å². The lowest BCUT2D eigenvalue weighted by Crippen LogP contribution is -2.48. The van der Waals surface area contributed by atoms with Gasteiger partial charge in [0.2, 0.25) is 0 Å². The van der Waals surface area contributed by atoms with Crippen LogP contribution in [-0.4, -0.2) is 32.3 Å². The predicted octanol–water partition coefficient (Wildman–Crippen LogP) is 2.78. The smallest absolute Gasteiger partial charge is 0.0801 e. The maximum absolute atomic E-state index is 5.77. The zero-order valence-electron chi connectivity index (χ0n) is 11.3. The van der Waals surface area contributed by atoms with Crippen LogP contribution in [0.5, 0.6) is 0 Å². The molecule has 1 aliphatic rings. The maximum atomic E-state index is 5.77. The molecule has 0 atom stereocenters. The van der Waals surface area contributed by atoms with E-state index in [-0.39, 0.29) is 5.60 Å². The number of benzene rings is 1. The van der Waals surface area contributed by atoms with E-state index >= 15 is 0 Å². The molecule has 0 radical (unpaired) electrons. The number of ether oxygens (including phenoxy) is 1. The third-order valence-corrected chi connectivity index (χ3v) is 3.67. The second-order valence-corrected chi connectivity index (χ2v) is 6.25. The van der Waals surface area contributed by atoms with Crippen molar-refractivity contribution in [2.24, 2.45) is 0 Å². The van der Waals surface area contributed by atoms with Gasteiger partial charge >= 0.3 is 0 Å². The Hall–Kier alpha value is -0.580. The molecule has 1 aromatic carbocycles. The molecule has 1 fully saturated rings. The average molecular weight is 313 g/mol. The van der Waals surface area contributed by atoms with Crippen LogP contribution in [0.15, 0.2) is 22.7 Å². The summed E-state index contributed by atoms with van der Waals surface area (Å²) in [5.41, 5.74) is 2.57. The van der Waals surface area contributed by atoms with Crippen LogP contribution in [0.25, 0.3) is 0 Å². The second-order valence-electron chi connectivity index (χ2n) is 5.33. The molecule has 18 heavy (non-hydrogen) atoms. The molecule has 0 aromatic heterocycles. The van der Waals surface area contributed by atoms with Gasteiger partial charge in [0.15, 0.2) is 0 Å². The zero-order chi connectivity index (χ0) is 13.2. The highest BCUT2D eigenvalue weighted by Crippen LogP contribution is 2.28. The average Bonchev–Trinajstić information content (AvgIpc) is 2.28. The van der Waals surface area contributed by atoms with Gasteiger partial charge in [-0.05, 0) is 44.7 Å². The van der Waals surface area contributed by atoms with Crippen molar-refractivity contribution in [3.05, 3.63) is 28.2 Å². The number of nitrogens with zero attached hydrogens (tertiary/aromatic N) is 1. The number of anilines is 1. The van der Waals surface area contributed by atoms with Crippen molar-refractivity contribution in [2.75, 3.05) is 31.6 Å². The topological polar surface area (TPSA) is 24.5 Å². The Bertz CT molecular complexity index is 420. The van der Waals surface area contributed by atoms with E-state index in [9.17, 15) is 0 Å². The van der Waals surface area contributed by atoms with Crippen LogP contribution in [0, 0.1) is 0 Å². The van der Waals surface area contributed by atoms with Gasteiger partial charge in [0.25, 0.3) is 0 Å². The Morgan fingerprint density at radius 3 is 2.89 bits per heavy atom. The summed E-state index contributed by atoms with van der Waals surface area (Å²) >= 11 is 3.54. The van der Waals surface area contributed by atoms with Crippen molar-refractivity contribution in [2.45, 2.75) is 26.0 Å². The summed E-state index contributed by atoms with van der Waals surface area (Å²) in [4.78, 5) is 2.42. The van der Waals surface area contributed by atoms with E-state index in [1.807, 2.05) is 7.05 Å². The first-order valence-electron chi connectivity index (χ1n) is 6.34. The summed E-state index contributed by atoms with van der Waals surface area (Å²) in [5, 5.41) is 3.23. The van der Waals surface area contributed by atoms with Gasteiger partial charge in [0.1, 0.15) is 0 Å². The molecule has 1 heterocycles. The van der Waals surface area contributed by atoms with Gasteiger partial charge in [-0.1, -0.05) is 15.9 Å². The van der Waals surface area contributed by atoms with Crippen molar-refractivity contribution >= 4 is 21.6 Å². The van der Waals surface area contributed by atoms with E-state index in [2.05, 4.69) is 58.2 Å². The second kappa shape index (κ2) is 5.59. The lowest BCUT2D eigenvalue weighted by Gasteiger charge is -2.40. The molecule has 3 nitrogen and oxygen atoms in total. The van der Waals surface area contributed by atoms with E-state index in [4.69, 9.17) is 4.74 Å². The fraction of sp³-hybridized carbons (Fsp3) is 0.571. The van der Waals surface area contributed by atoms with E-state index in [1.54, 1.807) is 0 Å². The van der Waals surface area contributed by atoms with Crippen LogP contribution in [0.3, 0.4) is 0 Å². The molecule has 1 saturated heterocycles. The molecule has 0 amide bonds. The number of hydrogen-bond acceptors (Lipinski definition) is 3. The van der Waals surface area contributed by atoms with Crippen LogP contribution in [0.4, 0.5) is 5.69 Å². The Morgan fingerprint density at radius 2 is 2.22 bits per heavy atom. The number of halogens is 1. The first-order valence-corrected chi connectivity index (χ1v) is 7.13. The molecule has 4 heteroatoms. The predicted molar refractivity (Wildman–Crippen MR) is 79.1 cm³/mol. The van der Waals surface area contributed by atoms with Gasteiger partial charge < -0.3 is 15.0 Å². The highest BCUT2D eigenvalue weighted by Gasteiger charge is 2.28. The quantitative estimate of drug-likeness (QED) is 0.929. The first-order chi connectivity index (χ1) is 8.52. The minimum atomic E-state index is -0.0672. The van der Waals surface area contributed by atoms with Gasteiger partial charge in [-0.25, -0.2) is 0 Å². The summed E-state index contributed by atoms with van der Waals surface area (Å²) in [6, 6.07) is 6.49. The van der Waals surface area contributed by atoms with E-state index in [0.29, 0.717) is 0 Å². The Morgan fingerprint density at radius 1 is 1.44 bits per heavy atom. The molecule has 0 spiro atoms. The number of rotatable bonds is 3. The lowest BCUT2D eigenvalue weighted by molar-refractivity contribution is -0.0277. The van der Waals surface area contributed by atoms with Crippen LogP contribution < -0.4 is 10.2 Å². The molecule has 1 aliphatic heterocycles. The third-order valence-electron chi connectivity index (χ3n) is 3.18. The molecule has 0 saturated carbocycles. The van der Waals surface area contributed by atoms with Gasteiger partial charge in [-0.2, -0.15) is 0 Å². The van der Waals surface area contributed by atoms with Gasteiger partial charge in [0, 0.05) is 29.8 Å². The molecule has 100 valence electrons. The van der Waals surface area contributed by atoms with Crippen LogP contribution in [0.1, 0.15) is 19.4 Å². The fourth-order valence-corrected chi connectivity index (χ4v) is 2.83. The first kappa shape index (κ1) is 13.8. The van der Waals surface area contributed by atoms with Crippen LogP contribution in [0.2, 0.25) is 0 Å². The van der Waals surface area contributed by atoms with Crippen molar-refractivity contribution in [1.29, 1.82) is 0 Å². The molecule has 0 aliphatic carbocycles. The summed E-state index contributed by atoms with van der Waals surface area (Å²) in [6.07, 6.45) is 0. The van der Waals surface area contributed by atoms with Crippen molar-refractivity contribution < 1.29 is 4.74 Å². The normalized spacial score (nSPS) is 19.0. The third kappa shape index (κ3) is 3.25. The summed E-state index contributed by atoms with van der Waals surface area (Å²) in [5.74, 6) is 0. The Labute approximate surface area is 118 Å². The Balaban J connectivity index is 2.26. The summed E-state index contributed by atoms with van der Waals surface area (Å²) in [6.45, 7) is 7.87. The van der Waals surface area contributed by atoms with Gasteiger partial charge in [-0.15, -0.1) is 0 Å². The molecule has 0 unspecified atom stereocenters.